The number of rotatable bonds is 25. The Labute approximate surface area is 340 Å². The first kappa shape index (κ1) is 50.4. The van der Waals surface area contributed by atoms with Gasteiger partial charge in [0.2, 0.25) is 11.8 Å². The number of aliphatic carboxylic acids is 1. The van der Waals surface area contributed by atoms with E-state index in [1.165, 1.54) is 13.8 Å². The number of carbonyl (C=O) groups is 4. The summed E-state index contributed by atoms with van der Waals surface area (Å²) in [5, 5.41) is 35.0. The summed E-state index contributed by atoms with van der Waals surface area (Å²) < 4.78 is 62.1. The van der Waals surface area contributed by atoms with E-state index in [4.69, 9.17) is 24.6 Å². The Morgan fingerprint density at radius 3 is 2.37 bits per heavy atom. The number of imidazole rings is 1. The molecule has 0 spiro atoms. The molecule has 0 saturated carbocycles. The molecule has 2 aromatic rings. The molecule has 2 amide bonds. The number of hydrogen-bond donors (Lipinski definition) is 10. The standard InChI is InChI=1S/C29H48N7O19P3S/c1-16(5-4-6-19(38)39)11-20(40)59-10-9-31-18(37)7-8-32-27(43)24(42)29(2,3)13-52-58(49,50)55-57(47,48)51-12-17-23(54-56(44,45)46)22(41)28(53-17)36-15-35-21-25(30)33-14-34-26(21)36/h14-17,22-24,28,41-42H,4-13H2,1-3H3,(H,31,37)(H,32,43)(H,38,39)(H,47,48)(H,49,50)(H2,30,33,34)(H2,44,45,46). The summed E-state index contributed by atoms with van der Waals surface area (Å²) in [6.45, 7) is 2.19. The number of carboxylic acids is 1. The van der Waals surface area contributed by atoms with Crippen molar-refractivity contribution in [3.05, 3.63) is 12.7 Å². The summed E-state index contributed by atoms with van der Waals surface area (Å²) in [5.41, 5.74) is 4.22. The fourth-order valence-corrected chi connectivity index (χ4v) is 9.01. The van der Waals surface area contributed by atoms with Crippen LogP contribution in [0.25, 0.3) is 11.2 Å². The minimum absolute atomic E-state index is 0.0160. The first-order valence-corrected chi connectivity index (χ1v) is 23.1. The van der Waals surface area contributed by atoms with E-state index in [1.807, 2.05) is 6.92 Å². The van der Waals surface area contributed by atoms with Gasteiger partial charge in [0.25, 0.3) is 0 Å². The Hall–Kier alpha value is -2.97. The van der Waals surface area contributed by atoms with Gasteiger partial charge in [0.1, 0.15) is 36.3 Å². The topological polar surface area (TPSA) is 401 Å². The van der Waals surface area contributed by atoms with Crippen molar-refractivity contribution in [3.8, 4) is 0 Å². The van der Waals surface area contributed by atoms with Crippen molar-refractivity contribution in [1.29, 1.82) is 0 Å². The van der Waals surface area contributed by atoms with Crippen LogP contribution in [0.5, 0.6) is 0 Å². The summed E-state index contributed by atoms with van der Waals surface area (Å²) in [6.07, 6.45) is -5.67. The van der Waals surface area contributed by atoms with Crippen molar-refractivity contribution in [2.24, 2.45) is 11.3 Å². The first-order valence-electron chi connectivity index (χ1n) is 17.6. The Morgan fingerprint density at radius 2 is 1.71 bits per heavy atom. The smallest absolute Gasteiger partial charge is 0.481 e. The van der Waals surface area contributed by atoms with Crippen LogP contribution in [0.15, 0.2) is 12.7 Å². The normalized spacial score (nSPS) is 21.6. The molecule has 0 radical (unpaired) electrons. The molecule has 1 aliphatic heterocycles. The zero-order chi connectivity index (χ0) is 44.3. The van der Waals surface area contributed by atoms with E-state index in [9.17, 15) is 62.7 Å². The summed E-state index contributed by atoms with van der Waals surface area (Å²) in [6, 6.07) is 0. The number of hydrogen-bond acceptors (Lipinski definition) is 19. The van der Waals surface area contributed by atoms with Gasteiger partial charge in [-0.3, -0.25) is 37.3 Å². The van der Waals surface area contributed by atoms with Crippen LogP contribution in [-0.4, -0.2) is 134 Å². The molecule has 1 fully saturated rings. The lowest BCUT2D eigenvalue weighted by Crippen LogP contribution is -2.46. The van der Waals surface area contributed by atoms with Crippen LogP contribution in [0, 0.1) is 11.3 Å². The molecule has 8 atom stereocenters. The monoisotopic (exact) mass is 923 g/mol. The molecule has 3 rings (SSSR count). The average molecular weight is 924 g/mol. The maximum Gasteiger partial charge on any atom is 0.481 e. The number of nitrogen functional groups attached to an aromatic ring is 1. The first-order chi connectivity index (χ1) is 27.3. The summed E-state index contributed by atoms with van der Waals surface area (Å²) >= 11 is 1.02. The van der Waals surface area contributed by atoms with Crippen LogP contribution in [0.2, 0.25) is 0 Å². The summed E-state index contributed by atoms with van der Waals surface area (Å²) in [4.78, 5) is 98.4. The number of carboxylic acid groups (broad SMARTS) is 1. The molecule has 11 N–H and O–H groups in total. The molecule has 334 valence electrons. The number of carbonyl (C=O) groups excluding carboxylic acids is 3. The van der Waals surface area contributed by atoms with Crippen molar-refractivity contribution < 1.29 is 90.4 Å². The second kappa shape index (κ2) is 21.7. The predicted octanol–water partition coefficient (Wildman–Crippen LogP) is -0.0542. The molecule has 1 saturated heterocycles. The Morgan fingerprint density at radius 1 is 1.03 bits per heavy atom. The number of phosphoric acid groups is 3. The van der Waals surface area contributed by atoms with Crippen molar-refractivity contribution in [1.82, 2.24) is 30.2 Å². The van der Waals surface area contributed by atoms with E-state index in [-0.39, 0.29) is 66.1 Å². The van der Waals surface area contributed by atoms with Gasteiger partial charge in [-0.1, -0.05) is 32.5 Å². The van der Waals surface area contributed by atoms with Crippen molar-refractivity contribution in [2.75, 3.05) is 37.8 Å². The number of thioether (sulfide) groups is 1. The lowest BCUT2D eigenvalue weighted by atomic mass is 9.87. The molecule has 2 aromatic heterocycles. The molecule has 26 nitrogen and oxygen atoms in total. The molecule has 0 bridgehead atoms. The molecule has 30 heteroatoms. The number of amides is 2. The highest BCUT2D eigenvalue weighted by atomic mass is 32.2. The van der Waals surface area contributed by atoms with Gasteiger partial charge in [-0.05, 0) is 18.8 Å². The molecule has 59 heavy (non-hydrogen) atoms. The highest BCUT2D eigenvalue weighted by molar-refractivity contribution is 8.13. The molecule has 0 aliphatic carbocycles. The Bertz CT molecular complexity index is 1940. The van der Waals surface area contributed by atoms with Crippen LogP contribution < -0.4 is 16.4 Å². The highest BCUT2D eigenvalue weighted by Gasteiger charge is 2.50. The Kier molecular flexibility index (Phi) is 18.5. The van der Waals surface area contributed by atoms with Crippen LogP contribution in [0.3, 0.4) is 0 Å². The van der Waals surface area contributed by atoms with Gasteiger partial charge in [0, 0.05) is 43.5 Å². The second-order valence-corrected chi connectivity index (χ2v) is 19.3. The maximum absolute atomic E-state index is 12.7. The number of nitrogens with one attached hydrogen (secondary N) is 2. The number of fused-ring (bicyclic) bond motifs is 1. The number of nitrogens with two attached hydrogens (primary N) is 1. The third kappa shape index (κ3) is 16.4. The van der Waals surface area contributed by atoms with Gasteiger partial charge in [0.15, 0.2) is 22.8 Å². The van der Waals surface area contributed by atoms with Crippen LogP contribution in [0.4, 0.5) is 5.82 Å². The number of nitrogens with zero attached hydrogens (tertiary/aromatic N) is 4. The molecule has 1 aliphatic rings. The number of aliphatic hydroxyl groups excluding tert-OH is 2. The SMILES string of the molecule is CC(CCCC(=O)O)CC(=O)SCCNC(=O)CCNC(=O)C(O)C(C)(C)COP(=O)(O)OP(=O)(O)OCC1OC(n2cnc3c(N)ncnc32)C(O)C1OP(=O)(O)O. The lowest BCUT2D eigenvalue weighted by Gasteiger charge is -2.30. The number of phosphoric ester groups is 3. The van der Waals surface area contributed by atoms with Crippen LogP contribution in [-0.2, 0) is 55.5 Å². The van der Waals surface area contributed by atoms with Crippen LogP contribution >= 0.6 is 35.2 Å². The molecule has 8 unspecified atom stereocenters. The van der Waals surface area contributed by atoms with E-state index >= 15 is 0 Å². The quantitative estimate of drug-likeness (QED) is 0.0461. The van der Waals surface area contributed by atoms with Crippen molar-refractivity contribution in [2.45, 2.75) is 83.5 Å². The van der Waals surface area contributed by atoms with Gasteiger partial charge in [0.05, 0.1) is 19.5 Å². The number of aliphatic hydroxyl groups is 2. The predicted molar refractivity (Wildman–Crippen MR) is 202 cm³/mol. The van der Waals surface area contributed by atoms with E-state index < -0.39 is 90.5 Å². The zero-order valence-corrected chi connectivity index (χ0v) is 35.3. The number of anilines is 1. The average Bonchev–Trinajstić information content (AvgIpc) is 3.67. The minimum Gasteiger partial charge on any atom is -0.481 e. The Balaban J connectivity index is 1.44. The third-order valence-corrected chi connectivity index (χ3v) is 12.4. The van der Waals surface area contributed by atoms with Gasteiger partial charge in [-0.25, -0.2) is 28.6 Å². The van der Waals surface area contributed by atoms with Crippen molar-refractivity contribution in [3.63, 3.8) is 0 Å². The number of ether oxygens (including phenoxy) is 1. The van der Waals surface area contributed by atoms with Gasteiger partial charge < -0.3 is 56.0 Å². The molecule has 3 heterocycles. The van der Waals surface area contributed by atoms with Crippen molar-refractivity contribution >= 4 is 75.1 Å². The largest absolute Gasteiger partial charge is 0.481 e. The van der Waals surface area contributed by atoms with E-state index in [2.05, 4.69) is 34.4 Å². The van der Waals surface area contributed by atoms with E-state index in [1.54, 1.807) is 0 Å². The lowest BCUT2D eigenvalue weighted by molar-refractivity contribution is -0.137. The molecular weight excluding hydrogens is 875 g/mol. The minimum atomic E-state index is -5.59. The van der Waals surface area contributed by atoms with E-state index in [0.29, 0.717) is 12.8 Å². The molecular formula is C29H48N7O19P3S. The highest BCUT2D eigenvalue weighted by Crippen LogP contribution is 2.61. The zero-order valence-electron chi connectivity index (χ0n) is 31.8. The third-order valence-electron chi connectivity index (χ3n) is 8.37. The van der Waals surface area contributed by atoms with Gasteiger partial charge >= 0.3 is 29.4 Å². The fourth-order valence-electron chi connectivity index (χ4n) is 5.34. The van der Waals surface area contributed by atoms with Gasteiger partial charge in [-0.2, -0.15) is 4.31 Å². The van der Waals surface area contributed by atoms with Crippen LogP contribution in [0.1, 0.15) is 59.1 Å². The van der Waals surface area contributed by atoms with E-state index in [0.717, 1.165) is 29.0 Å². The fraction of sp³-hybridized carbons (Fsp3) is 0.690. The summed E-state index contributed by atoms with van der Waals surface area (Å²) in [7, 11) is -16.4. The second-order valence-electron chi connectivity index (χ2n) is 13.9. The maximum atomic E-state index is 12.7. The summed E-state index contributed by atoms with van der Waals surface area (Å²) in [5.74, 6) is -2.12. The molecule has 0 aromatic carbocycles. The van der Waals surface area contributed by atoms with Gasteiger partial charge in [-0.15, -0.1) is 0 Å². The number of aromatic nitrogens is 4.